The standard InChI is InChI=1S/C17H22N6O2/c1-12-20-21-22-23(12)15-6-4-13(5-7-15)18-16(24)19-14-10-17(25-11-14)8-2-3-9-17/h4-7,14H,2-3,8-11H2,1H3,(H2,18,19,24)/t14-/m0/s1. The molecule has 1 spiro atoms. The molecule has 1 aliphatic carbocycles. The van der Waals surface area contributed by atoms with Crippen molar-refractivity contribution in [3.05, 3.63) is 30.1 Å². The zero-order valence-corrected chi connectivity index (χ0v) is 14.2. The predicted molar refractivity (Wildman–Crippen MR) is 91.6 cm³/mol. The SMILES string of the molecule is Cc1nnnn1-c1ccc(NC(=O)N[C@@H]2COC3(CCCC3)C2)cc1. The van der Waals surface area contributed by atoms with Crippen molar-refractivity contribution in [2.24, 2.45) is 0 Å². The van der Waals surface area contributed by atoms with Gasteiger partial charge in [-0.25, -0.2) is 4.79 Å². The summed E-state index contributed by atoms with van der Waals surface area (Å²) in [5.41, 5.74) is 1.59. The molecule has 4 rings (SSSR count). The van der Waals surface area contributed by atoms with Crippen LogP contribution in [-0.4, -0.2) is 44.5 Å². The van der Waals surface area contributed by atoms with Gasteiger partial charge in [-0.05, 0) is 60.9 Å². The van der Waals surface area contributed by atoms with Crippen molar-refractivity contribution in [2.75, 3.05) is 11.9 Å². The van der Waals surface area contributed by atoms with Gasteiger partial charge in [0.1, 0.15) is 0 Å². The summed E-state index contributed by atoms with van der Waals surface area (Å²) in [6.07, 6.45) is 5.60. The highest BCUT2D eigenvalue weighted by molar-refractivity contribution is 5.89. The zero-order chi connectivity index (χ0) is 17.3. The Morgan fingerprint density at radius 3 is 2.72 bits per heavy atom. The van der Waals surface area contributed by atoms with Crippen LogP contribution in [-0.2, 0) is 4.74 Å². The van der Waals surface area contributed by atoms with E-state index in [-0.39, 0.29) is 17.7 Å². The summed E-state index contributed by atoms with van der Waals surface area (Å²) in [5.74, 6) is 0.709. The topological polar surface area (TPSA) is 94.0 Å². The summed E-state index contributed by atoms with van der Waals surface area (Å²) in [4.78, 5) is 12.2. The fraction of sp³-hybridized carbons (Fsp3) is 0.529. The van der Waals surface area contributed by atoms with E-state index in [1.54, 1.807) is 4.68 Å². The highest BCUT2D eigenvalue weighted by atomic mass is 16.5. The highest BCUT2D eigenvalue weighted by Gasteiger charge is 2.42. The van der Waals surface area contributed by atoms with Crippen LogP contribution < -0.4 is 10.6 Å². The van der Waals surface area contributed by atoms with Crippen LogP contribution in [0, 0.1) is 6.92 Å². The van der Waals surface area contributed by atoms with E-state index in [2.05, 4.69) is 26.2 Å². The number of aromatic nitrogens is 4. The third-order valence-corrected chi connectivity index (χ3v) is 5.05. The highest BCUT2D eigenvalue weighted by Crippen LogP contribution is 2.40. The summed E-state index contributed by atoms with van der Waals surface area (Å²) in [7, 11) is 0. The van der Waals surface area contributed by atoms with E-state index in [1.165, 1.54) is 12.8 Å². The van der Waals surface area contributed by atoms with Gasteiger partial charge in [0, 0.05) is 5.69 Å². The van der Waals surface area contributed by atoms with E-state index in [0.29, 0.717) is 12.4 Å². The number of carbonyl (C=O) groups is 1. The Morgan fingerprint density at radius 2 is 2.04 bits per heavy atom. The maximum atomic E-state index is 12.2. The number of nitrogens with one attached hydrogen (secondary N) is 2. The Balaban J connectivity index is 1.33. The molecule has 2 amide bonds. The van der Waals surface area contributed by atoms with Crippen LogP contribution in [0.25, 0.3) is 5.69 Å². The molecule has 1 aromatic heterocycles. The smallest absolute Gasteiger partial charge is 0.319 e. The first-order valence-corrected chi connectivity index (χ1v) is 8.70. The van der Waals surface area contributed by atoms with Crippen molar-refractivity contribution in [3.8, 4) is 5.69 Å². The van der Waals surface area contributed by atoms with Crippen LogP contribution in [0.5, 0.6) is 0 Å². The van der Waals surface area contributed by atoms with Gasteiger partial charge in [-0.3, -0.25) is 0 Å². The Kier molecular flexibility index (Phi) is 4.12. The number of hydrogen-bond donors (Lipinski definition) is 2. The number of rotatable bonds is 3. The lowest BCUT2D eigenvalue weighted by molar-refractivity contribution is 0.00998. The summed E-state index contributed by atoms with van der Waals surface area (Å²) >= 11 is 0. The molecule has 25 heavy (non-hydrogen) atoms. The molecule has 132 valence electrons. The number of aryl methyl sites for hydroxylation is 1. The molecule has 1 aromatic carbocycles. The normalized spacial score (nSPS) is 21.6. The average molecular weight is 342 g/mol. The second-order valence-corrected chi connectivity index (χ2v) is 6.89. The van der Waals surface area contributed by atoms with Gasteiger partial charge in [-0.1, -0.05) is 12.8 Å². The Morgan fingerprint density at radius 1 is 1.28 bits per heavy atom. The fourth-order valence-electron chi connectivity index (χ4n) is 3.81. The third kappa shape index (κ3) is 3.34. The molecule has 1 saturated carbocycles. The maximum absolute atomic E-state index is 12.2. The van der Waals surface area contributed by atoms with Gasteiger partial charge in [0.15, 0.2) is 5.82 Å². The van der Waals surface area contributed by atoms with E-state index >= 15 is 0 Å². The van der Waals surface area contributed by atoms with E-state index < -0.39 is 0 Å². The summed E-state index contributed by atoms with van der Waals surface area (Å²) in [5, 5.41) is 17.3. The first kappa shape index (κ1) is 16.0. The number of tetrazole rings is 1. The first-order chi connectivity index (χ1) is 12.1. The molecule has 0 bridgehead atoms. The van der Waals surface area contributed by atoms with Crippen LogP contribution in [0.4, 0.5) is 10.5 Å². The van der Waals surface area contributed by atoms with Crippen molar-refractivity contribution >= 4 is 11.7 Å². The molecule has 2 aromatic rings. The second-order valence-electron chi connectivity index (χ2n) is 6.89. The number of ether oxygens (including phenoxy) is 1. The molecule has 2 N–H and O–H groups in total. The van der Waals surface area contributed by atoms with Crippen LogP contribution in [0.2, 0.25) is 0 Å². The number of carbonyl (C=O) groups excluding carboxylic acids is 1. The largest absolute Gasteiger partial charge is 0.373 e. The van der Waals surface area contributed by atoms with Gasteiger partial charge in [0.05, 0.1) is 23.9 Å². The van der Waals surface area contributed by atoms with E-state index in [9.17, 15) is 4.79 Å². The predicted octanol–water partition coefficient (Wildman–Crippen LogP) is 2.19. The van der Waals surface area contributed by atoms with Gasteiger partial charge in [-0.2, -0.15) is 4.68 Å². The van der Waals surface area contributed by atoms with Crippen molar-refractivity contribution in [1.29, 1.82) is 0 Å². The molecular formula is C17H22N6O2. The van der Waals surface area contributed by atoms with Crippen LogP contribution in [0.15, 0.2) is 24.3 Å². The minimum absolute atomic E-state index is 0.0172. The molecule has 1 atom stereocenters. The molecule has 2 fully saturated rings. The minimum atomic E-state index is -0.199. The van der Waals surface area contributed by atoms with Gasteiger partial charge >= 0.3 is 6.03 Å². The molecule has 8 nitrogen and oxygen atoms in total. The zero-order valence-electron chi connectivity index (χ0n) is 14.2. The van der Waals surface area contributed by atoms with Gasteiger partial charge in [0.2, 0.25) is 0 Å². The summed E-state index contributed by atoms with van der Waals surface area (Å²) < 4.78 is 7.61. The number of urea groups is 1. The van der Waals surface area contributed by atoms with Crippen molar-refractivity contribution in [3.63, 3.8) is 0 Å². The molecule has 1 saturated heterocycles. The molecule has 2 aliphatic rings. The van der Waals surface area contributed by atoms with Crippen molar-refractivity contribution in [1.82, 2.24) is 25.5 Å². The Hall–Kier alpha value is -2.48. The number of anilines is 1. The van der Waals surface area contributed by atoms with Crippen LogP contribution >= 0.6 is 0 Å². The molecule has 2 heterocycles. The Labute approximate surface area is 145 Å². The van der Waals surface area contributed by atoms with Crippen LogP contribution in [0.1, 0.15) is 37.9 Å². The van der Waals surface area contributed by atoms with Crippen molar-refractivity contribution < 1.29 is 9.53 Å². The minimum Gasteiger partial charge on any atom is -0.373 e. The lowest BCUT2D eigenvalue weighted by Gasteiger charge is -2.21. The van der Waals surface area contributed by atoms with Gasteiger partial charge in [0.25, 0.3) is 0 Å². The van der Waals surface area contributed by atoms with Crippen molar-refractivity contribution in [2.45, 2.75) is 50.7 Å². The lowest BCUT2D eigenvalue weighted by atomic mass is 9.96. The molecule has 1 aliphatic heterocycles. The molecule has 0 unspecified atom stereocenters. The maximum Gasteiger partial charge on any atom is 0.319 e. The summed E-state index contributed by atoms with van der Waals surface area (Å²) in [6.45, 7) is 2.44. The number of benzene rings is 1. The lowest BCUT2D eigenvalue weighted by Crippen LogP contribution is -2.39. The van der Waals surface area contributed by atoms with E-state index in [4.69, 9.17) is 4.74 Å². The number of nitrogens with zero attached hydrogens (tertiary/aromatic N) is 4. The number of hydrogen-bond acceptors (Lipinski definition) is 5. The molecular weight excluding hydrogens is 320 g/mol. The Bertz CT molecular complexity index is 751. The monoisotopic (exact) mass is 342 g/mol. The second kappa shape index (κ2) is 6.44. The number of amides is 2. The summed E-state index contributed by atoms with van der Waals surface area (Å²) in [6, 6.07) is 7.28. The van der Waals surface area contributed by atoms with E-state index in [0.717, 1.165) is 30.6 Å². The van der Waals surface area contributed by atoms with Gasteiger partial charge < -0.3 is 15.4 Å². The van der Waals surface area contributed by atoms with Crippen LogP contribution in [0.3, 0.4) is 0 Å². The van der Waals surface area contributed by atoms with Gasteiger partial charge in [-0.15, -0.1) is 5.10 Å². The van der Waals surface area contributed by atoms with E-state index in [1.807, 2.05) is 31.2 Å². The quantitative estimate of drug-likeness (QED) is 0.892. The molecule has 0 radical (unpaired) electrons. The first-order valence-electron chi connectivity index (χ1n) is 8.70. The average Bonchev–Trinajstić information content (AvgIpc) is 3.32. The molecule has 8 heteroatoms. The third-order valence-electron chi connectivity index (χ3n) is 5.05. The fourth-order valence-corrected chi connectivity index (χ4v) is 3.81.